The zero-order chi connectivity index (χ0) is 16.5. The number of halogens is 1. The highest BCUT2D eigenvalue weighted by Crippen LogP contribution is 2.42. The molecule has 0 bridgehead atoms. The van der Waals surface area contributed by atoms with Crippen molar-refractivity contribution in [3.8, 4) is 0 Å². The van der Waals surface area contributed by atoms with Crippen LogP contribution in [0.25, 0.3) is 0 Å². The molecule has 1 amide bonds. The van der Waals surface area contributed by atoms with Gasteiger partial charge in [-0.05, 0) is 18.4 Å². The van der Waals surface area contributed by atoms with Crippen LogP contribution >= 0.6 is 11.6 Å². The quantitative estimate of drug-likeness (QED) is 0.795. The molecule has 2 aliphatic rings. The van der Waals surface area contributed by atoms with Crippen LogP contribution in [0.15, 0.2) is 30.3 Å². The number of nitrogens with zero attached hydrogens (tertiary/aromatic N) is 3. The highest BCUT2D eigenvalue weighted by atomic mass is 35.5. The fourth-order valence-corrected chi connectivity index (χ4v) is 3.49. The number of rotatable bonds is 4. The number of ether oxygens (including phenoxy) is 1. The summed E-state index contributed by atoms with van der Waals surface area (Å²) in [5.74, 6) is 1.97. The Morgan fingerprint density at radius 2 is 2.04 bits per heavy atom. The van der Waals surface area contributed by atoms with E-state index in [0.717, 1.165) is 29.3 Å². The van der Waals surface area contributed by atoms with Gasteiger partial charge in [0.25, 0.3) is 0 Å². The minimum absolute atomic E-state index is 0.284. The van der Waals surface area contributed by atoms with E-state index < -0.39 is 0 Å². The molecule has 0 N–H and O–H groups in total. The molecule has 2 aromatic rings. The monoisotopic (exact) mass is 345 g/mol. The minimum Gasteiger partial charge on any atom is -0.445 e. The maximum atomic E-state index is 12.3. The number of amides is 1. The molecule has 1 aromatic heterocycles. The van der Waals surface area contributed by atoms with E-state index >= 15 is 0 Å². The topological polar surface area (TPSA) is 47.4 Å². The van der Waals surface area contributed by atoms with Crippen molar-refractivity contribution in [2.24, 2.45) is 0 Å². The second-order valence-electron chi connectivity index (χ2n) is 6.38. The van der Waals surface area contributed by atoms with E-state index in [0.29, 0.717) is 31.5 Å². The Hall–Kier alpha value is -2.01. The molecule has 4 rings (SSSR count). The molecule has 1 aliphatic carbocycles. The number of imidazole rings is 1. The summed E-state index contributed by atoms with van der Waals surface area (Å²) < 4.78 is 7.61. The van der Waals surface area contributed by atoms with E-state index in [1.807, 2.05) is 30.3 Å². The van der Waals surface area contributed by atoms with Crippen LogP contribution in [0.2, 0.25) is 0 Å². The van der Waals surface area contributed by atoms with Crippen molar-refractivity contribution >= 4 is 17.7 Å². The first-order valence-corrected chi connectivity index (χ1v) is 8.89. The summed E-state index contributed by atoms with van der Waals surface area (Å²) in [6.45, 7) is 2.15. The van der Waals surface area contributed by atoms with Crippen LogP contribution in [0.5, 0.6) is 0 Å². The van der Waals surface area contributed by atoms with E-state index in [-0.39, 0.29) is 6.09 Å². The lowest BCUT2D eigenvalue weighted by Crippen LogP contribution is -2.39. The highest BCUT2D eigenvalue weighted by molar-refractivity contribution is 6.17. The molecule has 0 radical (unpaired) electrons. The molecule has 24 heavy (non-hydrogen) atoms. The van der Waals surface area contributed by atoms with Crippen LogP contribution in [-0.4, -0.2) is 27.1 Å². The minimum atomic E-state index is -0.284. The maximum Gasteiger partial charge on any atom is 0.410 e. The lowest BCUT2D eigenvalue weighted by Gasteiger charge is -2.27. The van der Waals surface area contributed by atoms with Crippen molar-refractivity contribution in [3.05, 3.63) is 53.1 Å². The molecular formula is C18H20ClN3O2. The number of carbonyl (C=O) groups excluding carboxylic acids is 1. The molecule has 2 heterocycles. The first kappa shape index (κ1) is 15.5. The largest absolute Gasteiger partial charge is 0.445 e. The molecule has 5 nitrogen and oxygen atoms in total. The number of hydrogen-bond acceptors (Lipinski definition) is 3. The first-order valence-electron chi connectivity index (χ1n) is 8.36. The fourth-order valence-electron chi connectivity index (χ4n) is 3.20. The van der Waals surface area contributed by atoms with Crippen molar-refractivity contribution < 1.29 is 9.53 Å². The van der Waals surface area contributed by atoms with Gasteiger partial charge in [-0.25, -0.2) is 9.78 Å². The molecule has 1 fully saturated rings. The van der Waals surface area contributed by atoms with E-state index in [2.05, 4.69) is 4.57 Å². The van der Waals surface area contributed by atoms with E-state index in [1.54, 1.807) is 4.90 Å². The van der Waals surface area contributed by atoms with Gasteiger partial charge in [0.05, 0.1) is 23.8 Å². The number of carbonyl (C=O) groups is 1. The Labute approximate surface area is 146 Å². The van der Waals surface area contributed by atoms with Crippen molar-refractivity contribution in [3.63, 3.8) is 0 Å². The Balaban J connectivity index is 1.43. The Kier molecular flexibility index (Phi) is 4.19. The number of hydrogen-bond donors (Lipinski definition) is 0. The second kappa shape index (κ2) is 6.48. The summed E-state index contributed by atoms with van der Waals surface area (Å²) in [5, 5.41) is 0. The van der Waals surface area contributed by atoms with Crippen molar-refractivity contribution in [1.82, 2.24) is 14.5 Å². The molecule has 1 saturated carbocycles. The smallest absolute Gasteiger partial charge is 0.410 e. The predicted molar refractivity (Wildman–Crippen MR) is 90.8 cm³/mol. The highest BCUT2D eigenvalue weighted by Gasteiger charge is 2.33. The van der Waals surface area contributed by atoms with Crippen molar-refractivity contribution in [1.29, 1.82) is 0 Å². The molecule has 0 saturated heterocycles. The van der Waals surface area contributed by atoms with Gasteiger partial charge in [-0.3, -0.25) is 4.90 Å². The standard InChI is InChI=1S/C18H20ClN3O2/c19-10-15-17(14-6-7-14)20-16-11-21(8-9-22(15)16)18(23)24-12-13-4-2-1-3-5-13/h1-5,14H,6-12H2. The van der Waals surface area contributed by atoms with Crippen LogP contribution in [0.4, 0.5) is 4.79 Å². The predicted octanol–water partition coefficient (Wildman–Crippen LogP) is 3.65. The first-order chi connectivity index (χ1) is 11.8. The average Bonchev–Trinajstić information content (AvgIpc) is 3.40. The lowest BCUT2D eigenvalue weighted by molar-refractivity contribution is 0.0860. The number of aromatic nitrogens is 2. The van der Waals surface area contributed by atoms with Crippen molar-refractivity contribution in [2.45, 2.75) is 44.3 Å². The third-order valence-corrected chi connectivity index (χ3v) is 4.92. The zero-order valence-electron chi connectivity index (χ0n) is 13.4. The van der Waals surface area contributed by atoms with Gasteiger partial charge in [0.2, 0.25) is 0 Å². The normalized spacial score (nSPS) is 16.8. The molecule has 6 heteroatoms. The average molecular weight is 346 g/mol. The fraction of sp³-hybridized carbons (Fsp3) is 0.444. The number of fused-ring (bicyclic) bond motifs is 1. The van der Waals surface area contributed by atoms with Crippen LogP contribution in [0, 0.1) is 0 Å². The molecule has 0 spiro atoms. The van der Waals surface area contributed by atoms with Gasteiger partial charge in [-0.2, -0.15) is 0 Å². The summed E-state index contributed by atoms with van der Waals surface area (Å²) >= 11 is 6.13. The van der Waals surface area contributed by atoms with Crippen LogP contribution in [0.1, 0.15) is 41.5 Å². The van der Waals surface area contributed by atoms with Gasteiger partial charge in [0.15, 0.2) is 0 Å². The Bertz CT molecular complexity index is 740. The van der Waals surface area contributed by atoms with Gasteiger partial charge in [0.1, 0.15) is 12.4 Å². The van der Waals surface area contributed by atoms with E-state index in [4.69, 9.17) is 21.3 Å². The van der Waals surface area contributed by atoms with E-state index in [1.165, 1.54) is 12.8 Å². The number of benzene rings is 1. The molecule has 0 unspecified atom stereocenters. The summed E-state index contributed by atoms with van der Waals surface area (Å²) in [5.41, 5.74) is 3.26. The molecule has 0 atom stereocenters. The third-order valence-electron chi connectivity index (χ3n) is 4.66. The lowest BCUT2D eigenvalue weighted by atomic mass is 10.2. The summed E-state index contributed by atoms with van der Waals surface area (Å²) in [6.07, 6.45) is 2.11. The summed E-state index contributed by atoms with van der Waals surface area (Å²) in [4.78, 5) is 18.8. The third kappa shape index (κ3) is 3.00. The maximum absolute atomic E-state index is 12.3. The van der Waals surface area contributed by atoms with Gasteiger partial charge in [-0.15, -0.1) is 11.6 Å². The second-order valence-corrected chi connectivity index (χ2v) is 6.65. The SMILES string of the molecule is O=C(OCc1ccccc1)N1CCn2c(nc(C3CC3)c2CCl)C1. The zero-order valence-corrected chi connectivity index (χ0v) is 14.2. The van der Waals surface area contributed by atoms with Crippen LogP contribution in [-0.2, 0) is 30.3 Å². The van der Waals surface area contributed by atoms with Crippen LogP contribution < -0.4 is 0 Å². The van der Waals surface area contributed by atoms with Crippen molar-refractivity contribution in [2.75, 3.05) is 6.54 Å². The Morgan fingerprint density at radius 1 is 1.25 bits per heavy atom. The molecule has 1 aliphatic heterocycles. The van der Waals surface area contributed by atoms with Gasteiger partial charge in [0, 0.05) is 19.0 Å². The number of alkyl halides is 1. The van der Waals surface area contributed by atoms with Gasteiger partial charge < -0.3 is 9.30 Å². The van der Waals surface area contributed by atoms with Gasteiger partial charge in [-0.1, -0.05) is 30.3 Å². The summed E-state index contributed by atoms with van der Waals surface area (Å²) in [6, 6.07) is 9.72. The molecular weight excluding hydrogens is 326 g/mol. The van der Waals surface area contributed by atoms with Crippen LogP contribution in [0.3, 0.4) is 0 Å². The molecule has 126 valence electrons. The molecule has 1 aromatic carbocycles. The summed E-state index contributed by atoms with van der Waals surface area (Å²) in [7, 11) is 0. The Morgan fingerprint density at radius 3 is 2.75 bits per heavy atom. The van der Waals surface area contributed by atoms with E-state index in [9.17, 15) is 4.79 Å². The van der Waals surface area contributed by atoms with Gasteiger partial charge >= 0.3 is 6.09 Å².